The van der Waals surface area contributed by atoms with Crippen molar-refractivity contribution in [2.45, 2.75) is 6.42 Å². The molecule has 0 spiro atoms. The second-order valence-corrected chi connectivity index (χ2v) is 3.71. The fourth-order valence-electron chi connectivity index (χ4n) is 1.33. The van der Waals surface area contributed by atoms with Crippen LogP contribution in [-0.2, 0) is 9.53 Å². The lowest BCUT2D eigenvalue weighted by Crippen LogP contribution is -2.16. The number of amides is 1. The van der Waals surface area contributed by atoms with E-state index in [1.54, 1.807) is 0 Å². The van der Waals surface area contributed by atoms with Gasteiger partial charge in [0.25, 0.3) is 0 Å². The van der Waals surface area contributed by atoms with E-state index in [9.17, 15) is 14.7 Å². The lowest BCUT2D eigenvalue weighted by molar-refractivity contribution is -0.116. The molecule has 6 heteroatoms. The molecule has 0 fully saturated rings. The van der Waals surface area contributed by atoms with Crippen molar-refractivity contribution < 1.29 is 19.4 Å². The summed E-state index contributed by atoms with van der Waals surface area (Å²) >= 11 is 0. The number of phenolic OH excluding ortho intramolecular Hbond substituents is 1. The van der Waals surface area contributed by atoms with Gasteiger partial charge in [-0.15, -0.1) is 0 Å². The molecule has 0 aromatic heterocycles. The van der Waals surface area contributed by atoms with Gasteiger partial charge in [0.1, 0.15) is 12.4 Å². The smallest absolute Gasteiger partial charge is 0.338 e. The minimum Gasteiger partial charge on any atom is -0.506 e. The molecule has 0 aliphatic rings. The topological polar surface area (TPSA) is 102 Å². The number of hydrogen-bond acceptors (Lipinski definition) is 5. The zero-order valence-corrected chi connectivity index (χ0v) is 10.4. The van der Waals surface area contributed by atoms with E-state index in [0.29, 0.717) is 0 Å². The third-order valence-electron chi connectivity index (χ3n) is 2.21. The number of rotatable bonds is 6. The van der Waals surface area contributed by atoms with Gasteiger partial charge in [-0.25, -0.2) is 4.79 Å². The van der Waals surface area contributed by atoms with Gasteiger partial charge in [0.05, 0.1) is 11.3 Å². The van der Waals surface area contributed by atoms with Crippen LogP contribution in [0.25, 0.3) is 0 Å². The predicted octanol–water partition coefficient (Wildman–Crippen LogP) is 1.02. The van der Waals surface area contributed by atoms with E-state index in [4.69, 9.17) is 10.5 Å². The Hall–Kier alpha value is -2.34. The van der Waals surface area contributed by atoms with Crippen molar-refractivity contribution >= 4 is 17.6 Å². The zero-order chi connectivity index (χ0) is 14.3. The van der Waals surface area contributed by atoms with Crippen molar-refractivity contribution in [1.29, 1.82) is 0 Å². The number of phenols is 1. The van der Waals surface area contributed by atoms with Crippen molar-refractivity contribution in [2.24, 2.45) is 5.73 Å². The molecule has 0 bridgehead atoms. The first-order valence-corrected chi connectivity index (χ1v) is 5.69. The van der Waals surface area contributed by atoms with Gasteiger partial charge in [-0.3, -0.25) is 4.79 Å². The maximum Gasteiger partial charge on any atom is 0.338 e. The Morgan fingerprint density at radius 3 is 2.79 bits per heavy atom. The number of carbonyl (C=O) groups is 2. The third kappa shape index (κ3) is 4.44. The Bertz CT molecular complexity index is 486. The molecular weight excluding hydrogens is 248 g/mol. The van der Waals surface area contributed by atoms with E-state index in [1.165, 1.54) is 24.3 Å². The number of hydrogen-bond donors (Lipinski definition) is 3. The molecule has 0 aliphatic carbocycles. The molecule has 0 saturated carbocycles. The Morgan fingerprint density at radius 1 is 1.47 bits per heavy atom. The van der Waals surface area contributed by atoms with Crippen LogP contribution >= 0.6 is 0 Å². The number of anilines is 1. The summed E-state index contributed by atoms with van der Waals surface area (Å²) in [5.41, 5.74) is 5.65. The highest BCUT2D eigenvalue weighted by Crippen LogP contribution is 2.24. The summed E-state index contributed by atoms with van der Waals surface area (Å²) in [6.45, 7) is 3.74. The number of nitrogens with one attached hydrogen (secondary N) is 1. The Labute approximate surface area is 110 Å². The monoisotopic (exact) mass is 264 g/mol. The van der Waals surface area contributed by atoms with E-state index in [1.807, 2.05) is 0 Å². The lowest BCUT2D eigenvalue weighted by atomic mass is 10.2. The van der Waals surface area contributed by atoms with Crippen molar-refractivity contribution in [1.82, 2.24) is 0 Å². The summed E-state index contributed by atoms with van der Waals surface area (Å²) in [4.78, 5) is 22.8. The van der Waals surface area contributed by atoms with Crippen LogP contribution in [0.5, 0.6) is 5.75 Å². The van der Waals surface area contributed by atoms with Gasteiger partial charge in [0, 0.05) is 13.0 Å². The summed E-state index contributed by atoms with van der Waals surface area (Å²) in [5, 5.41) is 12.2. The Morgan fingerprint density at radius 2 is 2.21 bits per heavy atom. The van der Waals surface area contributed by atoms with Gasteiger partial charge in [-0.05, 0) is 18.2 Å². The number of nitrogens with two attached hydrogens (primary N) is 1. The SMILES string of the molecule is C=CCOC(=O)c1ccc(NC(=O)CCN)c(O)c1. The summed E-state index contributed by atoms with van der Waals surface area (Å²) in [6, 6.07) is 4.10. The van der Waals surface area contributed by atoms with E-state index < -0.39 is 5.97 Å². The molecule has 19 heavy (non-hydrogen) atoms. The highest BCUT2D eigenvalue weighted by Gasteiger charge is 2.11. The van der Waals surface area contributed by atoms with Gasteiger partial charge >= 0.3 is 5.97 Å². The van der Waals surface area contributed by atoms with E-state index in [2.05, 4.69) is 11.9 Å². The molecule has 0 atom stereocenters. The quantitative estimate of drug-likeness (QED) is 0.404. The van der Waals surface area contributed by atoms with Gasteiger partial charge in [-0.1, -0.05) is 12.7 Å². The molecule has 0 aliphatic heterocycles. The van der Waals surface area contributed by atoms with Crippen LogP contribution < -0.4 is 11.1 Å². The van der Waals surface area contributed by atoms with Crippen LogP contribution in [0.2, 0.25) is 0 Å². The van der Waals surface area contributed by atoms with Crippen molar-refractivity contribution in [3.63, 3.8) is 0 Å². The molecule has 1 rings (SSSR count). The van der Waals surface area contributed by atoms with Crippen molar-refractivity contribution in [2.75, 3.05) is 18.5 Å². The van der Waals surface area contributed by atoms with E-state index in [-0.39, 0.29) is 42.5 Å². The molecular formula is C13H16N2O4. The van der Waals surface area contributed by atoms with Crippen molar-refractivity contribution in [3.05, 3.63) is 36.4 Å². The first-order valence-electron chi connectivity index (χ1n) is 5.69. The van der Waals surface area contributed by atoms with Crippen LogP contribution in [0.1, 0.15) is 16.8 Å². The summed E-state index contributed by atoms with van der Waals surface area (Å²) in [6.07, 6.45) is 1.60. The Kier molecular flexibility index (Phi) is 5.56. The van der Waals surface area contributed by atoms with Crippen LogP contribution in [0.3, 0.4) is 0 Å². The number of ether oxygens (including phenoxy) is 1. The molecule has 102 valence electrons. The van der Waals surface area contributed by atoms with E-state index >= 15 is 0 Å². The van der Waals surface area contributed by atoms with Crippen LogP contribution in [0.15, 0.2) is 30.9 Å². The fourth-order valence-corrected chi connectivity index (χ4v) is 1.33. The number of aromatic hydroxyl groups is 1. The predicted molar refractivity (Wildman–Crippen MR) is 70.9 cm³/mol. The highest BCUT2D eigenvalue weighted by molar-refractivity contribution is 5.95. The first-order chi connectivity index (χ1) is 9.08. The molecule has 0 heterocycles. The molecule has 6 nitrogen and oxygen atoms in total. The second-order valence-electron chi connectivity index (χ2n) is 3.71. The van der Waals surface area contributed by atoms with Gasteiger partial charge in [0.2, 0.25) is 5.91 Å². The third-order valence-corrected chi connectivity index (χ3v) is 2.21. The van der Waals surface area contributed by atoms with Gasteiger partial charge < -0.3 is 20.9 Å². The summed E-state index contributed by atoms with van der Waals surface area (Å²) < 4.78 is 4.82. The van der Waals surface area contributed by atoms with Gasteiger partial charge in [-0.2, -0.15) is 0 Å². The lowest BCUT2D eigenvalue weighted by Gasteiger charge is -2.08. The minimum absolute atomic E-state index is 0.0918. The highest BCUT2D eigenvalue weighted by atomic mass is 16.5. The summed E-state index contributed by atoms with van der Waals surface area (Å²) in [5.74, 6) is -1.09. The number of carbonyl (C=O) groups excluding carboxylic acids is 2. The standard InChI is InChI=1S/C13H16N2O4/c1-2-7-19-13(18)9-3-4-10(11(16)8-9)15-12(17)5-6-14/h2-4,8,16H,1,5-7,14H2,(H,15,17). The molecule has 0 saturated heterocycles. The van der Waals surface area contributed by atoms with Crippen LogP contribution in [-0.4, -0.2) is 30.1 Å². The maximum absolute atomic E-state index is 11.5. The molecule has 1 aromatic carbocycles. The van der Waals surface area contributed by atoms with Gasteiger partial charge in [0.15, 0.2) is 0 Å². The summed E-state index contributed by atoms with van der Waals surface area (Å²) in [7, 11) is 0. The largest absolute Gasteiger partial charge is 0.506 e. The molecule has 0 unspecified atom stereocenters. The molecule has 1 amide bonds. The first kappa shape index (κ1) is 14.7. The van der Waals surface area contributed by atoms with Crippen LogP contribution in [0.4, 0.5) is 5.69 Å². The second kappa shape index (κ2) is 7.17. The minimum atomic E-state index is -0.574. The zero-order valence-electron chi connectivity index (χ0n) is 10.4. The average molecular weight is 264 g/mol. The average Bonchev–Trinajstić information content (AvgIpc) is 2.38. The number of esters is 1. The van der Waals surface area contributed by atoms with Crippen LogP contribution in [0, 0.1) is 0 Å². The Balaban J connectivity index is 2.76. The molecule has 0 radical (unpaired) electrons. The fraction of sp³-hybridized carbons (Fsp3) is 0.231. The maximum atomic E-state index is 11.5. The van der Waals surface area contributed by atoms with E-state index in [0.717, 1.165) is 0 Å². The number of benzene rings is 1. The normalized spacial score (nSPS) is 9.74. The van der Waals surface area contributed by atoms with Crippen molar-refractivity contribution in [3.8, 4) is 5.75 Å². The molecule has 1 aromatic rings. The molecule has 4 N–H and O–H groups in total.